The largest absolute Gasteiger partial charge is 0.493 e. The zero-order valence-electron chi connectivity index (χ0n) is 18.4. The van der Waals surface area contributed by atoms with Crippen molar-refractivity contribution in [3.05, 3.63) is 65.7 Å². The predicted octanol–water partition coefficient (Wildman–Crippen LogP) is 4.02. The summed E-state index contributed by atoms with van der Waals surface area (Å²) in [5.74, 6) is 1.84. The summed E-state index contributed by atoms with van der Waals surface area (Å²) in [4.78, 5) is 2.49. The summed E-state index contributed by atoms with van der Waals surface area (Å²) in [5, 5.41) is 9.43. The topological polar surface area (TPSA) is 46.5 Å². The lowest BCUT2D eigenvalue weighted by atomic mass is 10.0. The Labute approximate surface area is 183 Å². The number of methoxy groups -OCH3 is 3. The van der Waals surface area contributed by atoms with Crippen LogP contribution in [0.4, 0.5) is 0 Å². The van der Waals surface area contributed by atoms with Gasteiger partial charge in [0.25, 0.3) is 0 Å². The lowest BCUT2D eigenvalue weighted by Crippen LogP contribution is -2.43. The second kappa shape index (κ2) is 9.71. The first-order valence-electron chi connectivity index (χ1n) is 10.5. The standard InChI is InChI=1S/C25H29N3O3/c1-29-23-15-19(16-24(30-2)25(23)31-3)17-26-28-13-11-27(12-14-28)18-21-9-6-8-20-7-4-5-10-22(20)21/h4-10,15-17H,11-14,18H2,1-3H3/b26-17-. The highest BCUT2D eigenvalue weighted by Crippen LogP contribution is 2.37. The Kier molecular flexibility index (Phi) is 6.57. The van der Waals surface area contributed by atoms with Gasteiger partial charge in [0.1, 0.15) is 0 Å². The van der Waals surface area contributed by atoms with Gasteiger partial charge in [-0.1, -0.05) is 42.5 Å². The minimum Gasteiger partial charge on any atom is -0.493 e. The van der Waals surface area contributed by atoms with Crippen LogP contribution < -0.4 is 14.2 Å². The van der Waals surface area contributed by atoms with Crippen molar-refractivity contribution in [1.29, 1.82) is 0 Å². The van der Waals surface area contributed by atoms with E-state index in [2.05, 4.69) is 57.5 Å². The first-order chi connectivity index (χ1) is 15.2. The van der Waals surface area contributed by atoms with E-state index in [-0.39, 0.29) is 0 Å². The first-order valence-corrected chi connectivity index (χ1v) is 10.5. The first kappa shape index (κ1) is 21.0. The summed E-state index contributed by atoms with van der Waals surface area (Å²) in [6, 6.07) is 19.0. The fourth-order valence-corrected chi connectivity index (χ4v) is 4.01. The Morgan fingerprint density at radius 3 is 2.19 bits per heavy atom. The maximum atomic E-state index is 5.43. The van der Waals surface area contributed by atoms with E-state index < -0.39 is 0 Å². The summed E-state index contributed by atoms with van der Waals surface area (Å²) in [5.41, 5.74) is 2.29. The molecule has 0 unspecified atom stereocenters. The fraction of sp³-hybridized carbons (Fsp3) is 0.320. The van der Waals surface area contributed by atoms with Crippen molar-refractivity contribution in [3.63, 3.8) is 0 Å². The van der Waals surface area contributed by atoms with Crippen molar-refractivity contribution >= 4 is 17.0 Å². The van der Waals surface area contributed by atoms with Crippen LogP contribution in [0.25, 0.3) is 10.8 Å². The normalized spacial score (nSPS) is 14.9. The van der Waals surface area contributed by atoms with Crippen molar-refractivity contribution in [1.82, 2.24) is 9.91 Å². The molecule has 162 valence electrons. The third-order valence-corrected chi connectivity index (χ3v) is 5.68. The molecular weight excluding hydrogens is 390 g/mol. The van der Waals surface area contributed by atoms with Gasteiger partial charge in [-0.25, -0.2) is 0 Å². The Hall–Kier alpha value is -3.25. The van der Waals surface area contributed by atoms with E-state index in [0.717, 1.165) is 38.3 Å². The molecule has 0 aliphatic carbocycles. The highest BCUT2D eigenvalue weighted by Gasteiger charge is 2.17. The third-order valence-electron chi connectivity index (χ3n) is 5.68. The maximum Gasteiger partial charge on any atom is 0.203 e. The van der Waals surface area contributed by atoms with E-state index in [4.69, 9.17) is 14.2 Å². The number of nitrogens with zero attached hydrogens (tertiary/aromatic N) is 3. The van der Waals surface area contributed by atoms with Gasteiger partial charge < -0.3 is 14.2 Å². The van der Waals surface area contributed by atoms with Crippen LogP contribution in [0.5, 0.6) is 17.2 Å². The molecule has 3 aromatic carbocycles. The highest BCUT2D eigenvalue weighted by atomic mass is 16.5. The van der Waals surface area contributed by atoms with E-state index in [1.807, 2.05) is 18.3 Å². The zero-order chi connectivity index (χ0) is 21.6. The molecule has 0 amide bonds. The predicted molar refractivity (Wildman–Crippen MR) is 124 cm³/mol. The number of hydrogen-bond acceptors (Lipinski definition) is 6. The molecule has 1 fully saturated rings. The zero-order valence-corrected chi connectivity index (χ0v) is 18.4. The lowest BCUT2D eigenvalue weighted by Gasteiger charge is -2.33. The number of hydrazone groups is 1. The van der Waals surface area contributed by atoms with Crippen LogP contribution in [0.15, 0.2) is 59.7 Å². The van der Waals surface area contributed by atoms with Crippen molar-refractivity contribution in [3.8, 4) is 17.2 Å². The molecule has 0 saturated carbocycles. The van der Waals surface area contributed by atoms with Crippen LogP contribution in [0.2, 0.25) is 0 Å². The third kappa shape index (κ3) is 4.75. The van der Waals surface area contributed by atoms with Crippen LogP contribution >= 0.6 is 0 Å². The smallest absolute Gasteiger partial charge is 0.203 e. The second-order valence-electron chi connectivity index (χ2n) is 7.57. The number of ether oxygens (including phenoxy) is 3. The SMILES string of the molecule is COc1cc(/C=N\N2CCN(Cc3cccc4ccccc34)CC2)cc(OC)c1OC. The monoisotopic (exact) mass is 419 g/mol. The van der Waals surface area contributed by atoms with Crippen molar-refractivity contribution < 1.29 is 14.2 Å². The molecule has 31 heavy (non-hydrogen) atoms. The van der Waals surface area contributed by atoms with E-state index in [1.165, 1.54) is 16.3 Å². The van der Waals surface area contributed by atoms with E-state index in [0.29, 0.717) is 17.2 Å². The summed E-state index contributed by atoms with van der Waals surface area (Å²) in [7, 11) is 4.84. The molecule has 0 spiro atoms. The molecule has 3 aromatic rings. The summed E-state index contributed by atoms with van der Waals surface area (Å²) in [6.45, 7) is 4.72. The van der Waals surface area contributed by atoms with Crippen LogP contribution in [0, 0.1) is 0 Å². The molecule has 1 saturated heterocycles. The van der Waals surface area contributed by atoms with E-state index in [1.54, 1.807) is 21.3 Å². The molecular formula is C25H29N3O3. The van der Waals surface area contributed by atoms with Crippen LogP contribution in [-0.4, -0.2) is 63.6 Å². The van der Waals surface area contributed by atoms with Gasteiger partial charge in [0, 0.05) is 38.3 Å². The molecule has 6 nitrogen and oxygen atoms in total. The molecule has 0 aromatic heterocycles. The van der Waals surface area contributed by atoms with Crippen molar-refractivity contribution in [2.75, 3.05) is 47.5 Å². The molecule has 1 aliphatic rings. The molecule has 0 N–H and O–H groups in total. The van der Waals surface area contributed by atoms with E-state index >= 15 is 0 Å². The molecule has 0 bridgehead atoms. The Morgan fingerprint density at radius 1 is 0.839 bits per heavy atom. The molecule has 6 heteroatoms. The van der Waals surface area contributed by atoms with Gasteiger partial charge in [-0.15, -0.1) is 0 Å². The fourth-order valence-electron chi connectivity index (χ4n) is 4.01. The molecule has 4 rings (SSSR count). The summed E-state index contributed by atoms with van der Waals surface area (Å²) in [6.07, 6.45) is 1.85. The number of fused-ring (bicyclic) bond motifs is 1. The van der Waals surface area contributed by atoms with Gasteiger partial charge in [0.2, 0.25) is 5.75 Å². The Morgan fingerprint density at radius 2 is 1.52 bits per heavy atom. The molecule has 1 heterocycles. The Balaban J connectivity index is 1.39. The average molecular weight is 420 g/mol. The second-order valence-corrected chi connectivity index (χ2v) is 7.57. The highest BCUT2D eigenvalue weighted by molar-refractivity contribution is 5.85. The number of piperazine rings is 1. The minimum atomic E-state index is 0.587. The van der Waals surface area contributed by atoms with Gasteiger partial charge in [-0.05, 0) is 28.5 Å². The van der Waals surface area contributed by atoms with Crippen molar-refractivity contribution in [2.24, 2.45) is 5.10 Å². The minimum absolute atomic E-state index is 0.587. The van der Waals surface area contributed by atoms with Gasteiger partial charge in [0.15, 0.2) is 11.5 Å². The number of benzene rings is 3. The molecule has 1 aliphatic heterocycles. The van der Waals surface area contributed by atoms with E-state index in [9.17, 15) is 0 Å². The van der Waals surface area contributed by atoms with Gasteiger partial charge in [-0.3, -0.25) is 9.91 Å². The maximum absolute atomic E-state index is 5.43. The van der Waals surface area contributed by atoms with Crippen LogP contribution in [0.3, 0.4) is 0 Å². The van der Waals surface area contributed by atoms with Gasteiger partial charge in [-0.2, -0.15) is 5.10 Å². The number of rotatable bonds is 7. The van der Waals surface area contributed by atoms with Crippen LogP contribution in [0.1, 0.15) is 11.1 Å². The molecule has 0 atom stereocenters. The average Bonchev–Trinajstić information content (AvgIpc) is 2.83. The summed E-state index contributed by atoms with van der Waals surface area (Å²) < 4.78 is 16.2. The quantitative estimate of drug-likeness (QED) is 0.542. The summed E-state index contributed by atoms with van der Waals surface area (Å²) >= 11 is 0. The van der Waals surface area contributed by atoms with Gasteiger partial charge in [0.05, 0.1) is 27.5 Å². The molecule has 0 radical (unpaired) electrons. The van der Waals surface area contributed by atoms with Crippen molar-refractivity contribution in [2.45, 2.75) is 6.54 Å². The van der Waals surface area contributed by atoms with Crippen LogP contribution in [-0.2, 0) is 6.54 Å². The number of hydrogen-bond donors (Lipinski definition) is 0. The Bertz CT molecular complexity index is 1030. The van der Waals surface area contributed by atoms with Gasteiger partial charge >= 0.3 is 0 Å². The lowest BCUT2D eigenvalue weighted by molar-refractivity contribution is 0.131.